The summed E-state index contributed by atoms with van der Waals surface area (Å²) in [6.07, 6.45) is -2.81. The summed E-state index contributed by atoms with van der Waals surface area (Å²) < 4.78 is 39.4. The number of rotatable bonds is 5. The maximum atomic E-state index is 12.5. The quantitative estimate of drug-likeness (QED) is 0.821. The number of nitrogens with zero attached hydrogens (tertiary/aromatic N) is 3. The minimum Gasteiger partial charge on any atom is -0.325 e. The normalized spacial score (nSPS) is 13.1. The molecule has 0 spiro atoms. The van der Waals surface area contributed by atoms with Gasteiger partial charge in [0.15, 0.2) is 5.16 Å². The van der Waals surface area contributed by atoms with Crippen LogP contribution in [0.15, 0.2) is 35.7 Å². The number of thioether (sulfide) groups is 1. The van der Waals surface area contributed by atoms with E-state index in [9.17, 15) is 18.0 Å². The number of alkyl halides is 3. The lowest BCUT2D eigenvalue weighted by molar-refractivity contribution is -0.137. The van der Waals surface area contributed by atoms with Crippen molar-refractivity contribution in [3.05, 3.63) is 36.2 Å². The first-order valence-corrected chi connectivity index (χ1v) is 8.10. The second kappa shape index (κ2) is 7.25. The average molecular weight is 358 g/mol. The number of carbonyl (C=O) groups excluding carboxylic acids is 1. The molecule has 0 fully saturated rings. The molecule has 0 aliphatic carbocycles. The van der Waals surface area contributed by atoms with E-state index in [2.05, 4.69) is 15.5 Å². The standard InChI is InChI=1S/C15H17F3N4OS/c1-9(2)22-8-19-21-14(22)24-10(3)13(23)20-12-6-4-11(5-7-12)15(16,17)18/h4-10H,1-3H3,(H,20,23)/t10-/m1/s1. The number of nitrogens with one attached hydrogen (secondary N) is 1. The van der Waals surface area contributed by atoms with Crippen LogP contribution in [0.3, 0.4) is 0 Å². The highest BCUT2D eigenvalue weighted by Crippen LogP contribution is 2.30. The molecule has 24 heavy (non-hydrogen) atoms. The molecule has 9 heteroatoms. The van der Waals surface area contributed by atoms with Gasteiger partial charge in [0.25, 0.3) is 0 Å². The second-order valence-corrected chi connectivity index (χ2v) is 6.75. The maximum Gasteiger partial charge on any atom is 0.416 e. The lowest BCUT2D eigenvalue weighted by atomic mass is 10.2. The van der Waals surface area contributed by atoms with Crippen LogP contribution in [-0.2, 0) is 11.0 Å². The summed E-state index contributed by atoms with van der Waals surface area (Å²) in [5, 5.41) is 10.5. The van der Waals surface area contributed by atoms with Crippen LogP contribution >= 0.6 is 11.8 Å². The van der Waals surface area contributed by atoms with E-state index in [1.807, 2.05) is 18.4 Å². The van der Waals surface area contributed by atoms with Gasteiger partial charge in [0.1, 0.15) is 6.33 Å². The van der Waals surface area contributed by atoms with Crippen LogP contribution in [-0.4, -0.2) is 25.9 Å². The van der Waals surface area contributed by atoms with Crippen LogP contribution in [0.25, 0.3) is 0 Å². The van der Waals surface area contributed by atoms with Crippen LogP contribution in [0.1, 0.15) is 32.4 Å². The van der Waals surface area contributed by atoms with E-state index in [0.717, 1.165) is 12.1 Å². The Hall–Kier alpha value is -2.03. The van der Waals surface area contributed by atoms with Gasteiger partial charge in [0, 0.05) is 11.7 Å². The molecular weight excluding hydrogens is 341 g/mol. The van der Waals surface area contributed by atoms with Gasteiger partial charge in [-0.15, -0.1) is 10.2 Å². The predicted molar refractivity (Wildman–Crippen MR) is 85.8 cm³/mol. The fourth-order valence-electron chi connectivity index (χ4n) is 1.87. The van der Waals surface area contributed by atoms with Gasteiger partial charge in [-0.1, -0.05) is 11.8 Å². The van der Waals surface area contributed by atoms with Gasteiger partial charge in [0.05, 0.1) is 10.8 Å². The average Bonchev–Trinajstić information content (AvgIpc) is 2.95. The summed E-state index contributed by atoms with van der Waals surface area (Å²) >= 11 is 1.24. The Balaban J connectivity index is 2.00. The van der Waals surface area contributed by atoms with Crippen LogP contribution < -0.4 is 5.32 Å². The molecule has 0 aliphatic rings. The van der Waals surface area contributed by atoms with E-state index in [1.165, 1.54) is 23.9 Å². The summed E-state index contributed by atoms with van der Waals surface area (Å²) in [4.78, 5) is 12.2. The summed E-state index contributed by atoms with van der Waals surface area (Å²) in [7, 11) is 0. The molecule has 1 heterocycles. The highest BCUT2D eigenvalue weighted by atomic mass is 32.2. The van der Waals surface area contributed by atoms with Crippen molar-refractivity contribution in [1.29, 1.82) is 0 Å². The highest BCUT2D eigenvalue weighted by molar-refractivity contribution is 8.00. The number of anilines is 1. The van der Waals surface area contributed by atoms with Crippen molar-refractivity contribution in [3.63, 3.8) is 0 Å². The first-order chi connectivity index (χ1) is 11.2. The van der Waals surface area contributed by atoms with Crippen LogP contribution in [0, 0.1) is 0 Å². The zero-order chi connectivity index (χ0) is 17.9. The Morgan fingerprint density at radius 3 is 2.38 bits per heavy atom. The number of hydrogen-bond donors (Lipinski definition) is 1. The van der Waals surface area contributed by atoms with E-state index in [0.29, 0.717) is 10.8 Å². The number of halogens is 3. The van der Waals surface area contributed by atoms with Crippen LogP contribution in [0.2, 0.25) is 0 Å². The Morgan fingerprint density at radius 1 is 1.21 bits per heavy atom. The van der Waals surface area contributed by atoms with E-state index in [1.54, 1.807) is 13.3 Å². The lowest BCUT2D eigenvalue weighted by Crippen LogP contribution is -2.23. The Kier molecular flexibility index (Phi) is 5.53. The molecule has 1 amide bonds. The number of hydrogen-bond acceptors (Lipinski definition) is 4. The SMILES string of the molecule is CC(C)n1cnnc1S[C@H](C)C(=O)Nc1ccc(C(F)(F)F)cc1. The molecule has 130 valence electrons. The summed E-state index contributed by atoms with van der Waals surface area (Å²) in [5.41, 5.74) is -0.446. The third-order valence-corrected chi connectivity index (χ3v) is 4.30. The van der Waals surface area contributed by atoms with Crippen molar-refractivity contribution in [2.45, 2.75) is 43.4 Å². The first kappa shape index (κ1) is 18.3. The minimum absolute atomic E-state index is 0.160. The topological polar surface area (TPSA) is 59.8 Å². The second-order valence-electron chi connectivity index (χ2n) is 5.44. The molecule has 0 saturated heterocycles. The van der Waals surface area contributed by atoms with Crippen molar-refractivity contribution >= 4 is 23.4 Å². The third-order valence-electron chi connectivity index (χ3n) is 3.23. The van der Waals surface area contributed by atoms with Gasteiger partial charge in [-0.3, -0.25) is 4.79 Å². The smallest absolute Gasteiger partial charge is 0.325 e. The lowest BCUT2D eigenvalue weighted by Gasteiger charge is -2.14. The van der Waals surface area contributed by atoms with Gasteiger partial charge >= 0.3 is 6.18 Å². The molecule has 1 aromatic carbocycles. The van der Waals surface area contributed by atoms with E-state index >= 15 is 0 Å². The zero-order valence-electron chi connectivity index (χ0n) is 13.3. The van der Waals surface area contributed by atoms with Crippen molar-refractivity contribution in [2.24, 2.45) is 0 Å². The molecule has 1 atom stereocenters. The Morgan fingerprint density at radius 2 is 1.83 bits per heavy atom. The number of carbonyl (C=O) groups is 1. The predicted octanol–water partition coefficient (Wildman–Crippen LogP) is 4.00. The fourth-order valence-corrected chi connectivity index (χ4v) is 2.82. The zero-order valence-corrected chi connectivity index (χ0v) is 14.1. The molecule has 0 radical (unpaired) electrons. The van der Waals surface area contributed by atoms with Crippen molar-refractivity contribution in [1.82, 2.24) is 14.8 Å². The Bertz CT molecular complexity index is 697. The van der Waals surface area contributed by atoms with Crippen molar-refractivity contribution in [2.75, 3.05) is 5.32 Å². The first-order valence-electron chi connectivity index (χ1n) is 7.22. The van der Waals surface area contributed by atoms with E-state index < -0.39 is 17.0 Å². The molecule has 0 saturated carbocycles. The molecule has 0 unspecified atom stereocenters. The molecule has 0 bridgehead atoms. The van der Waals surface area contributed by atoms with Crippen LogP contribution in [0.4, 0.5) is 18.9 Å². The number of aromatic nitrogens is 3. The van der Waals surface area contributed by atoms with Gasteiger partial charge in [-0.2, -0.15) is 13.2 Å². The van der Waals surface area contributed by atoms with Gasteiger partial charge < -0.3 is 9.88 Å². The summed E-state index contributed by atoms with van der Waals surface area (Å²) in [6.45, 7) is 5.64. The van der Waals surface area contributed by atoms with Crippen molar-refractivity contribution in [3.8, 4) is 0 Å². The molecule has 1 aromatic heterocycles. The fraction of sp³-hybridized carbons (Fsp3) is 0.400. The monoisotopic (exact) mass is 358 g/mol. The number of benzene rings is 1. The Labute approximate surface area is 141 Å². The largest absolute Gasteiger partial charge is 0.416 e. The summed E-state index contributed by atoms with van der Waals surface area (Å²) in [5.74, 6) is -0.321. The number of amides is 1. The molecule has 2 aromatic rings. The minimum atomic E-state index is -4.40. The summed E-state index contributed by atoms with van der Waals surface area (Å²) in [6, 6.07) is 4.49. The molecule has 2 rings (SSSR count). The van der Waals surface area contributed by atoms with E-state index in [4.69, 9.17) is 0 Å². The molecule has 0 aliphatic heterocycles. The molecule has 1 N–H and O–H groups in total. The third kappa shape index (κ3) is 4.50. The van der Waals surface area contributed by atoms with Gasteiger partial charge in [-0.25, -0.2) is 0 Å². The van der Waals surface area contributed by atoms with Crippen molar-refractivity contribution < 1.29 is 18.0 Å². The molecule has 5 nitrogen and oxygen atoms in total. The molecular formula is C15H17F3N4OS. The van der Waals surface area contributed by atoms with Crippen LogP contribution in [0.5, 0.6) is 0 Å². The van der Waals surface area contributed by atoms with Gasteiger partial charge in [-0.05, 0) is 45.0 Å². The highest BCUT2D eigenvalue weighted by Gasteiger charge is 2.30. The van der Waals surface area contributed by atoms with Gasteiger partial charge in [0.2, 0.25) is 5.91 Å². The maximum absolute atomic E-state index is 12.5. The van der Waals surface area contributed by atoms with E-state index in [-0.39, 0.29) is 11.9 Å².